The van der Waals surface area contributed by atoms with Crippen molar-refractivity contribution in [3.63, 3.8) is 0 Å². The molecule has 1 aliphatic rings. The molecule has 1 aliphatic heterocycles. The third kappa shape index (κ3) is 1.91. The van der Waals surface area contributed by atoms with Crippen molar-refractivity contribution in [1.29, 1.82) is 0 Å². The van der Waals surface area contributed by atoms with Crippen molar-refractivity contribution in [3.05, 3.63) is 24.3 Å². The van der Waals surface area contributed by atoms with Crippen molar-refractivity contribution >= 4 is 12.6 Å². The minimum atomic E-state index is 0.173. The lowest BCUT2D eigenvalue weighted by Crippen LogP contribution is -2.18. The van der Waals surface area contributed by atoms with Gasteiger partial charge in [0.25, 0.3) is 0 Å². The van der Waals surface area contributed by atoms with Crippen LogP contribution < -0.4 is 9.47 Å². The van der Waals surface area contributed by atoms with Crippen LogP contribution in [0.1, 0.15) is 6.42 Å². The number of hydrogen-bond acceptors (Lipinski definition) is 3. The predicted molar refractivity (Wildman–Crippen MR) is 54.8 cm³/mol. The van der Waals surface area contributed by atoms with Crippen molar-refractivity contribution < 1.29 is 9.47 Å². The summed E-state index contributed by atoms with van der Waals surface area (Å²) in [6.07, 6.45) is 1.07. The number of thiol groups is 1. The Morgan fingerprint density at radius 2 is 2.08 bits per heavy atom. The average Bonchev–Trinajstić information content (AvgIpc) is 2.38. The summed E-state index contributed by atoms with van der Waals surface area (Å²) < 4.78 is 11.2. The summed E-state index contributed by atoms with van der Waals surface area (Å²) >= 11 is 4.22. The number of rotatable bonds is 1. The summed E-state index contributed by atoms with van der Waals surface area (Å²) in [6.45, 7) is 0.711. The Bertz CT molecular complexity index is 288. The fourth-order valence-electron chi connectivity index (χ4n) is 1.33. The monoisotopic (exact) mass is 196 g/mol. The summed E-state index contributed by atoms with van der Waals surface area (Å²) in [7, 11) is 0. The molecular weight excluding hydrogens is 184 g/mol. The van der Waals surface area contributed by atoms with Gasteiger partial charge in [0.2, 0.25) is 0 Å². The maximum absolute atomic E-state index is 5.70. The molecule has 1 aromatic carbocycles. The lowest BCUT2D eigenvalue weighted by Gasteiger charge is -2.12. The van der Waals surface area contributed by atoms with Crippen molar-refractivity contribution in [2.45, 2.75) is 12.5 Å². The number of hydrogen-bond donors (Lipinski definition) is 1. The zero-order chi connectivity index (χ0) is 9.10. The van der Waals surface area contributed by atoms with Crippen LogP contribution in [0.4, 0.5) is 0 Å². The molecule has 0 radical (unpaired) electrons. The second-order valence-electron chi connectivity index (χ2n) is 3.01. The van der Waals surface area contributed by atoms with E-state index in [0.29, 0.717) is 6.61 Å². The highest BCUT2D eigenvalue weighted by atomic mass is 32.1. The second-order valence-corrected chi connectivity index (χ2v) is 3.37. The van der Waals surface area contributed by atoms with Crippen LogP contribution in [0.2, 0.25) is 0 Å². The van der Waals surface area contributed by atoms with E-state index in [0.717, 1.165) is 23.7 Å². The van der Waals surface area contributed by atoms with Gasteiger partial charge in [-0.25, -0.2) is 0 Å². The molecular formula is C10H12O2S. The van der Waals surface area contributed by atoms with E-state index in [1.54, 1.807) is 0 Å². The molecule has 70 valence electrons. The molecule has 1 heterocycles. The predicted octanol–water partition coefficient (Wildman–Crippen LogP) is 2.15. The molecule has 3 heteroatoms. The summed E-state index contributed by atoms with van der Waals surface area (Å²) in [5.41, 5.74) is 0. The Hall–Kier alpha value is -0.830. The standard InChI is InChI=1S/C10H12O2S/c13-7-8-5-6-11-9-3-1-2-4-10(9)12-8/h1-4,8,13H,5-7H2. The lowest BCUT2D eigenvalue weighted by molar-refractivity contribution is 0.215. The van der Waals surface area contributed by atoms with E-state index in [4.69, 9.17) is 9.47 Å². The first-order valence-electron chi connectivity index (χ1n) is 4.39. The van der Waals surface area contributed by atoms with E-state index in [2.05, 4.69) is 12.6 Å². The normalized spacial score (nSPS) is 20.8. The van der Waals surface area contributed by atoms with E-state index < -0.39 is 0 Å². The van der Waals surface area contributed by atoms with Crippen LogP contribution >= 0.6 is 12.6 Å². The van der Waals surface area contributed by atoms with Gasteiger partial charge in [-0.05, 0) is 12.1 Å². The van der Waals surface area contributed by atoms with Crippen molar-refractivity contribution in [2.75, 3.05) is 12.4 Å². The van der Waals surface area contributed by atoms with Gasteiger partial charge in [-0.3, -0.25) is 0 Å². The van der Waals surface area contributed by atoms with E-state index >= 15 is 0 Å². The van der Waals surface area contributed by atoms with E-state index in [-0.39, 0.29) is 6.10 Å². The van der Waals surface area contributed by atoms with Gasteiger partial charge in [-0.2, -0.15) is 12.6 Å². The summed E-state index contributed by atoms with van der Waals surface area (Å²) in [5.74, 6) is 2.41. The quantitative estimate of drug-likeness (QED) is 0.694. The maximum Gasteiger partial charge on any atom is 0.161 e. The first kappa shape index (κ1) is 8.75. The minimum absolute atomic E-state index is 0.173. The first-order valence-corrected chi connectivity index (χ1v) is 5.03. The molecule has 0 saturated heterocycles. The van der Waals surface area contributed by atoms with Crippen LogP contribution in [0.15, 0.2) is 24.3 Å². The van der Waals surface area contributed by atoms with Crippen molar-refractivity contribution in [1.82, 2.24) is 0 Å². The zero-order valence-corrected chi connectivity index (χ0v) is 8.17. The molecule has 0 N–H and O–H groups in total. The van der Waals surface area contributed by atoms with Crippen LogP contribution in [0.3, 0.4) is 0 Å². The largest absolute Gasteiger partial charge is 0.490 e. The molecule has 0 aromatic heterocycles. The van der Waals surface area contributed by atoms with Gasteiger partial charge in [-0.1, -0.05) is 12.1 Å². The molecule has 1 atom stereocenters. The molecule has 1 unspecified atom stereocenters. The van der Waals surface area contributed by atoms with Gasteiger partial charge >= 0.3 is 0 Å². The van der Waals surface area contributed by atoms with Crippen LogP contribution in [-0.2, 0) is 0 Å². The van der Waals surface area contributed by atoms with Crippen LogP contribution in [0, 0.1) is 0 Å². The second kappa shape index (κ2) is 3.92. The van der Waals surface area contributed by atoms with Crippen molar-refractivity contribution in [2.24, 2.45) is 0 Å². The topological polar surface area (TPSA) is 18.5 Å². The molecule has 0 saturated carbocycles. The summed E-state index contributed by atoms with van der Waals surface area (Å²) in [6, 6.07) is 7.75. The zero-order valence-electron chi connectivity index (χ0n) is 7.27. The first-order chi connectivity index (χ1) is 6.40. The van der Waals surface area contributed by atoms with Gasteiger partial charge in [0.05, 0.1) is 6.61 Å². The van der Waals surface area contributed by atoms with Gasteiger partial charge in [-0.15, -0.1) is 0 Å². The van der Waals surface area contributed by atoms with E-state index in [9.17, 15) is 0 Å². The Morgan fingerprint density at radius 3 is 2.85 bits per heavy atom. The fraction of sp³-hybridized carbons (Fsp3) is 0.400. The highest BCUT2D eigenvalue weighted by molar-refractivity contribution is 7.80. The maximum atomic E-state index is 5.70. The molecule has 0 amide bonds. The van der Waals surface area contributed by atoms with Gasteiger partial charge < -0.3 is 9.47 Å². The number of para-hydroxylation sites is 2. The third-order valence-corrected chi connectivity index (χ3v) is 2.45. The van der Waals surface area contributed by atoms with Crippen LogP contribution in [-0.4, -0.2) is 18.5 Å². The minimum Gasteiger partial charge on any atom is -0.490 e. The Kier molecular flexibility index (Phi) is 2.64. The smallest absolute Gasteiger partial charge is 0.161 e. The molecule has 0 aliphatic carbocycles. The highest BCUT2D eigenvalue weighted by Gasteiger charge is 2.16. The average molecular weight is 196 g/mol. The van der Waals surface area contributed by atoms with Crippen molar-refractivity contribution in [3.8, 4) is 11.5 Å². The summed E-state index contributed by atoms with van der Waals surface area (Å²) in [4.78, 5) is 0. The summed E-state index contributed by atoms with van der Waals surface area (Å²) in [5, 5.41) is 0. The molecule has 2 rings (SSSR count). The highest BCUT2D eigenvalue weighted by Crippen LogP contribution is 2.30. The molecule has 0 fully saturated rings. The molecule has 1 aromatic rings. The Morgan fingerprint density at radius 1 is 1.31 bits per heavy atom. The van der Waals surface area contributed by atoms with E-state index in [1.165, 1.54) is 0 Å². The van der Waals surface area contributed by atoms with Crippen LogP contribution in [0.25, 0.3) is 0 Å². The van der Waals surface area contributed by atoms with Crippen LogP contribution in [0.5, 0.6) is 11.5 Å². The lowest BCUT2D eigenvalue weighted by atomic mass is 10.3. The van der Waals surface area contributed by atoms with E-state index in [1.807, 2.05) is 24.3 Å². The third-order valence-electron chi connectivity index (χ3n) is 2.04. The van der Waals surface area contributed by atoms with Gasteiger partial charge in [0, 0.05) is 12.2 Å². The van der Waals surface area contributed by atoms with Gasteiger partial charge in [0.15, 0.2) is 11.5 Å². The number of benzene rings is 1. The number of ether oxygens (including phenoxy) is 2. The van der Waals surface area contributed by atoms with Gasteiger partial charge in [0.1, 0.15) is 6.10 Å². The SMILES string of the molecule is SCC1CCOc2ccccc2O1. The molecule has 13 heavy (non-hydrogen) atoms. The Labute approximate surface area is 83.3 Å². The number of fused-ring (bicyclic) bond motifs is 1. The Balaban J connectivity index is 2.23. The molecule has 0 spiro atoms. The molecule has 2 nitrogen and oxygen atoms in total. The molecule has 0 bridgehead atoms. The fourth-order valence-corrected chi connectivity index (χ4v) is 1.59.